The first kappa shape index (κ1) is 14.9. The number of aliphatic hydroxyl groups excluding tert-OH is 1. The van der Waals surface area contributed by atoms with Gasteiger partial charge in [0.25, 0.3) is 0 Å². The standard InChI is InChI=1S/C15H21N5O2/c1-22-10-15-16-5-3-14(19-15)18-12-7-11(8-13(12)21)9-20-6-2-4-17-20/h2-6,11-13,21H,7-10H2,1H3,(H,16,18,19)/t11?,12-,13-/m1/s1. The van der Waals surface area contributed by atoms with E-state index >= 15 is 0 Å². The molecule has 0 spiro atoms. The minimum absolute atomic E-state index is 0.00542. The third kappa shape index (κ3) is 3.61. The van der Waals surface area contributed by atoms with Gasteiger partial charge >= 0.3 is 0 Å². The van der Waals surface area contributed by atoms with Crippen LogP contribution in [0.25, 0.3) is 0 Å². The highest BCUT2D eigenvalue weighted by Gasteiger charge is 2.33. The highest BCUT2D eigenvalue weighted by atomic mass is 16.5. The van der Waals surface area contributed by atoms with Crippen molar-refractivity contribution in [3.8, 4) is 0 Å². The fourth-order valence-corrected chi connectivity index (χ4v) is 2.96. The Morgan fingerprint density at radius 1 is 1.41 bits per heavy atom. The van der Waals surface area contributed by atoms with Crippen LogP contribution in [-0.2, 0) is 17.9 Å². The molecular weight excluding hydrogens is 282 g/mol. The number of nitrogens with one attached hydrogen (secondary N) is 1. The Labute approximate surface area is 129 Å². The van der Waals surface area contributed by atoms with Gasteiger partial charge in [-0.05, 0) is 30.9 Å². The maximum Gasteiger partial charge on any atom is 0.156 e. The first-order valence-corrected chi connectivity index (χ1v) is 7.47. The molecule has 22 heavy (non-hydrogen) atoms. The zero-order chi connectivity index (χ0) is 15.4. The Morgan fingerprint density at radius 3 is 3.09 bits per heavy atom. The quantitative estimate of drug-likeness (QED) is 0.830. The molecule has 1 saturated carbocycles. The Bertz CT molecular complexity index is 589. The largest absolute Gasteiger partial charge is 0.391 e. The molecule has 118 valence electrons. The van der Waals surface area contributed by atoms with Gasteiger partial charge in [-0.2, -0.15) is 5.10 Å². The van der Waals surface area contributed by atoms with Crippen LogP contribution < -0.4 is 5.32 Å². The van der Waals surface area contributed by atoms with Crippen molar-refractivity contribution in [2.75, 3.05) is 12.4 Å². The van der Waals surface area contributed by atoms with Gasteiger partial charge in [0.15, 0.2) is 5.82 Å². The van der Waals surface area contributed by atoms with Gasteiger partial charge in [0.2, 0.25) is 0 Å². The van der Waals surface area contributed by atoms with Gasteiger partial charge < -0.3 is 15.2 Å². The van der Waals surface area contributed by atoms with Crippen LogP contribution in [0.3, 0.4) is 0 Å². The molecule has 1 aliphatic rings. The number of rotatable bonds is 6. The average Bonchev–Trinajstić information content (AvgIpc) is 3.11. The van der Waals surface area contributed by atoms with Crippen molar-refractivity contribution < 1.29 is 9.84 Å². The molecule has 7 nitrogen and oxygen atoms in total. The van der Waals surface area contributed by atoms with E-state index < -0.39 is 0 Å². The maximum absolute atomic E-state index is 10.3. The van der Waals surface area contributed by atoms with E-state index in [1.165, 1.54) is 0 Å². The third-order valence-electron chi connectivity index (χ3n) is 3.94. The zero-order valence-electron chi connectivity index (χ0n) is 12.6. The molecule has 2 aromatic rings. The number of aliphatic hydroxyl groups is 1. The summed E-state index contributed by atoms with van der Waals surface area (Å²) in [6.07, 6.45) is 6.72. The molecule has 3 rings (SSSR count). The summed E-state index contributed by atoms with van der Waals surface area (Å²) in [4.78, 5) is 8.52. The summed E-state index contributed by atoms with van der Waals surface area (Å²) in [6, 6.07) is 3.73. The second-order valence-corrected chi connectivity index (χ2v) is 5.67. The highest BCUT2D eigenvalue weighted by Crippen LogP contribution is 2.29. The van der Waals surface area contributed by atoms with Crippen molar-refractivity contribution in [3.05, 3.63) is 36.5 Å². The molecular formula is C15H21N5O2. The number of ether oxygens (including phenoxy) is 1. The van der Waals surface area contributed by atoms with Crippen LogP contribution >= 0.6 is 0 Å². The predicted octanol–water partition coefficient (Wildman–Crippen LogP) is 1.07. The van der Waals surface area contributed by atoms with Gasteiger partial charge in [-0.25, -0.2) is 9.97 Å². The van der Waals surface area contributed by atoms with Crippen LogP contribution in [0.4, 0.5) is 5.82 Å². The number of aromatic nitrogens is 4. The monoisotopic (exact) mass is 303 g/mol. The smallest absolute Gasteiger partial charge is 0.156 e. The summed E-state index contributed by atoms with van der Waals surface area (Å²) in [7, 11) is 1.62. The molecule has 0 radical (unpaired) electrons. The summed E-state index contributed by atoms with van der Waals surface area (Å²) in [5.41, 5.74) is 0. The van der Waals surface area contributed by atoms with Crippen LogP contribution in [0, 0.1) is 5.92 Å². The Balaban J connectivity index is 1.59. The van der Waals surface area contributed by atoms with Gasteiger partial charge in [-0.15, -0.1) is 0 Å². The lowest BCUT2D eigenvalue weighted by atomic mass is 10.1. The minimum Gasteiger partial charge on any atom is -0.391 e. The van der Waals surface area contributed by atoms with Crippen molar-refractivity contribution >= 4 is 5.82 Å². The van der Waals surface area contributed by atoms with Crippen molar-refractivity contribution in [1.82, 2.24) is 19.7 Å². The number of anilines is 1. The zero-order valence-corrected chi connectivity index (χ0v) is 12.6. The predicted molar refractivity (Wildman–Crippen MR) is 81.1 cm³/mol. The first-order chi connectivity index (χ1) is 10.7. The van der Waals surface area contributed by atoms with E-state index in [0.717, 1.165) is 25.2 Å². The van der Waals surface area contributed by atoms with Gasteiger partial charge in [-0.3, -0.25) is 4.68 Å². The van der Waals surface area contributed by atoms with E-state index in [0.29, 0.717) is 18.3 Å². The van der Waals surface area contributed by atoms with Gasteiger partial charge in [0.1, 0.15) is 12.4 Å². The highest BCUT2D eigenvalue weighted by molar-refractivity contribution is 5.35. The molecule has 3 atom stereocenters. The van der Waals surface area contributed by atoms with Crippen LogP contribution in [0.2, 0.25) is 0 Å². The van der Waals surface area contributed by atoms with Crippen LogP contribution in [0.15, 0.2) is 30.7 Å². The summed E-state index contributed by atoms with van der Waals surface area (Å²) in [5.74, 6) is 1.77. The van der Waals surface area contributed by atoms with E-state index in [9.17, 15) is 5.11 Å². The molecule has 7 heteroatoms. The van der Waals surface area contributed by atoms with Crippen LogP contribution in [-0.4, -0.2) is 44.1 Å². The number of nitrogens with zero attached hydrogens (tertiary/aromatic N) is 4. The normalized spacial score (nSPS) is 24.5. The molecule has 2 N–H and O–H groups in total. The van der Waals surface area contributed by atoms with Crippen LogP contribution in [0.5, 0.6) is 0 Å². The molecule has 2 heterocycles. The molecule has 0 aromatic carbocycles. The Kier molecular flexibility index (Phi) is 4.65. The van der Waals surface area contributed by atoms with E-state index in [1.807, 2.05) is 23.0 Å². The second-order valence-electron chi connectivity index (χ2n) is 5.67. The molecule has 2 aromatic heterocycles. The molecule has 0 amide bonds. The average molecular weight is 303 g/mol. The summed E-state index contributed by atoms with van der Waals surface area (Å²) in [5, 5.41) is 17.8. The Hall–Kier alpha value is -1.99. The summed E-state index contributed by atoms with van der Waals surface area (Å²) >= 11 is 0. The van der Waals surface area contributed by atoms with E-state index in [4.69, 9.17) is 4.74 Å². The van der Waals surface area contributed by atoms with Crippen molar-refractivity contribution in [3.63, 3.8) is 0 Å². The lowest BCUT2D eigenvalue weighted by molar-refractivity contribution is 0.165. The lowest BCUT2D eigenvalue weighted by Gasteiger charge is -2.17. The number of methoxy groups -OCH3 is 1. The third-order valence-corrected chi connectivity index (χ3v) is 3.94. The van der Waals surface area contributed by atoms with Crippen molar-refractivity contribution in [2.24, 2.45) is 5.92 Å². The fourth-order valence-electron chi connectivity index (χ4n) is 2.96. The van der Waals surface area contributed by atoms with Gasteiger partial charge in [0, 0.05) is 32.2 Å². The Morgan fingerprint density at radius 2 is 2.32 bits per heavy atom. The fraction of sp³-hybridized carbons (Fsp3) is 0.533. The lowest BCUT2D eigenvalue weighted by Crippen LogP contribution is -2.28. The van der Waals surface area contributed by atoms with Crippen LogP contribution in [0.1, 0.15) is 18.7 Å². The molecule has 1 aliphatic carbocycles. The minimum atomic E-state index is -0.374. The first-order valence-electron chi connectivity index (χ1n) is 7.47. The van der Waals surface area contributed by atoms with Crippen molar-refractivity contribution in [1.29, 1.82) is 0 Å². The maximum atomic E-state index is 10.3. The summed E-state index contributed by atoms with van der Waals surface area (Å²) in [6.45, 7) is 1.21. The molecule has 0 aliphatic heterocycles. The molecule has 1 fully saturated rings. The molecule has 1 unspecified atom stereocenters. The van der Waals surface area contributed by atoms with Gasteiger partial charge in [0.05, 0.1) is 12.1 Å². The number of hydrogen-bond donors (Lipinski definition) is 2. The van der Waals surface area contributed by atoms with E-state index in [2.05, 4.69) is 20.4 Å². The number of hydrogen-bond acceptors (Lipinski definition) is 6. The molecule has 0 saturated heterocycles. The van der Waals surface area contributed by atoms with E-state index in [-0.39, 0.29) is 12.1 Å². The van der Waals surface area contributed by atoms with Crippen molar-refractivity contribution in [2.45, 2.75) is 38.1 Å². The summed E-state index contributed by atoms with van der Waals surface area (Å²) < 4.78 is 6.96. The topological polar surface area (TPSA) is 85.1 Å². The van der Waals surface area contributed by atoms with E-state index in [1.54, 1.807) is 19.5 Å². The van der Waals surface area contributed by atoms with Gasteiger partial charge in [-0.1, -0.05) is 0 Å². The molecule has 0 bridgehead atoms. The SMILES string of the molecule is COCc1nccc(N[C@@H]2CC(Cn3cccn3)C[C@H]2O)n1. The second kappa shape index (κ2) is 6.85.